The number of aromatic nitrogens is 4. The quantitative estimate of drug-likeness (QED) is 0.549. The molecule has 8 heteroatoms. The van der Waals surface area contributed by atoms with Crippen molar-refractivity contribution in [1.29, 1.82) is 0 Å². The summed E-state index contributed by atoms with van der Waals surface area (Å²) in [6.45, 7) is 2.41. The van der Waals surface area contributed by atoms with Crippen LogP contribution in [0.5, 0.6) is 0 Å². The molecule has 0 atom stereocenters. The summed E-state index contributed by atoms with van der Waals surface area (Å²) in [6.07, 6.45) is 4.38. The summed E-state index contributed by atoms with van der Waals surface area (Å²) >= 11 is 0. The first-order chi connectivity index (χ1) is 9.15. The number of hydrazine groups is 1. The lowest BCUT2D eigenvalue weighted by molar-refractivity contribution is 0.593. The number of hydrogen-bond donors (Lipinski definition) is 2. The number of aryl methyl sites for hydroxylation is 1. The minimum atomic E-state index is -0.363. The zero-order chi connectivity index (χ0) is 13.8. The molecule has 0 radical (unpaired) electrons. The van der Waals surface area contributed by atoms with Gasteiger partial charge in [-0.15, -0.1) is 0 Å². The molecule has 0 spiro atoms. The highest BCUT2D eigenvalue weighted by Crippen LogP contribution is 1.99. The molecule has 2 heterocycles. The van der Waals surface area contributed by atoms with Crippen LogP contribution in [-0.2, 0) is 13.1 Å². The van der Waals surface area contributed by atoms with Crippen LogP contribution in [0.25, 0.3) is 0 Å². The van der Waals surface area contributed by atoms with Crippen molar-refractivity contribution < 1.29 is 0 Å². The Labute approximate surface area is 108 Å². The topological polar surface area (TPSA) is 108 Å². The van der Waals surface area contributed by atoms with E-state index in [0.717, 1.165) is 4.57 Å². The lowest BCUT2D eigenvalue weighted by Crippen LogP contribution is -2.39. The molecule has 0 fully saturated rings. The number of nitrogen functional groups attached to an aromatic ring is 1. The third-order valence-corrected chi connectivity index (χ3v) is 2.65. The fourth-order valence-corrected chi connectivity index (χ4v) is 1.62. The van der Waals surface area contributed by atoms with Gasteiger partial charge in [-0.25, -0.2) is 15.6 Å². The summed E-state index contributed by atoms with van der Waals surface area (Å²) in [7, 11) is 0. The molecule has 0 aliphatic rings. The summed E-state index contributed by atoms with van der Waals surface area (Å²) in [5.74, 6) is 5.59. The first-order valence-corrected chi connectivity index (χ1v) is 5.73. The smallest absolute Gasteiger partial charge is 0.307 e. The summed E-state index contributed by atoms with van der Waals surface area (Å²) in [6, 6.07) is 1.36. The predicted molar refractivity (Wildman–Crippen MR) is 69.6 cm³/mol. The Kier molecular flexibility index (Phi) is 3.71. The van der Waals surface area contributed by atoms with Gasteiger partial charge < -0.3 is 9.99 Å². The van der Waals surface area contributed by atoms with Crippen molar-refractivity contribution >= 4 is 5.82 Å². The first-order valence-electron chi connectivity index (χ1n) is 5.73. The van der Waals surface area contributed by atoms with E-state index in [9.17, 15) is 9.59 Å². The van der Waals surface area contributed by atoms with Crippen LogP contribution < -0.4 is 22.5 Å². The summed E-state index contributed by atoms with van der Waals surface area (Å²) in [5.41, 5.74) is 2.13. The number of hydrogen-bond acceptors (Lipinski definition) is 6. The fraction of sp³-hybridized carbons (Fsp3) is 0.273. The van der Waals surface area contributed by atoms with Gasteiger partial charge in [-0.05, 0) is 6.92 Å². The molecule has 0 unspecified atom stereocenters. The zero-order valence-electron chi connectivity index (χ0n) is 10.4. The van der Waals surface area contributed by atoms with Crippen LogP contribution in [0.1, 0.15) is 12.6 Å². The summed E-state index contributed by atoms with van der Waals surface area (Å²) in [4.78, 5) is 31.7. The van der Waals surface area contributed by atoms with E-state index in [-0.39, 0.29) is 17.8 Å². The lowest BCUT2D eigenvalue weighted by Gasteiger charge is -2.07. The molecule has 3 N–H and O–H groups in total. The van der Waals surface area contributed by atoms with E-state index in [1.165, 1.54) is 29.2 Å². The Balaban J connectivity index is 2.37. The maximum atomic E-state index is 12.0. The molecule has 0 aliphatic heterocycles. The van der Waals surface area contributed by atoms with E-state index in [2.05, 4.69) is 15.4 Å². The average molecular weight is 262 g/mol. The number of nitrogens with one attached hydrogen (secondary N) is 1. The first kappa shape index (κ1) is 13.0. The molecule has 0 saturated carbocycles. The lowest BCUT2D eigenvalue weighted by atomic mass is 10.4. The van der Waals surface area contributed by atoms with E-state index in [1.807, 2.05) is 6.92 Å². The highest BCUT2D eigenvalue weighted by atomic mass is 16.2. The molecular weight excluding hydrogens is 248 g/mol. The molecule has 0 aliphatic carbocycles. The molecule has 0 aromatic carbocycles. The number of anilines is 1. The van der Waals surface area contributed by atoms with Crippen molar-refractivity contribution in [2.45, 2.75) is 20.0 Å². The molecule has 0 saturated heterocycles. The van der Waals surface area contributed by atoms with Gasteiger partial charge in [0.1, 0.15) is 0 Å². The van der Waals surface area contributed by atoms with Crippen LogP contribution in [0.4, 0.5) is 5.82 Å². The van der Waals surface area contributed by atoms with Crippen LogP contribution in [0.2, 0.25) is 0 Å². The Bertz CT molecular complexity index is 673. The molecule has 0 amide bonds. The largest absolute Gasteiger partial charge is 0.331 e. The SMILES string of the molecule is CCn1ccc(=O)n(Cc2cnc(NN)cn2)c1=O. The molecule has 100 valence electrons. The Morgan fingerprint density at radius 3 is 2.68 bits per heavy atom. The Hall–Kier alpha value is -2.48. The van der Waals surface area contributed by atoms with Crippen molar-refractivity contribution in [2.75, 3.05) is 5.43 Å². The Morgan fingerprint density at radius 1 is 1.32 bits per heavy atom. The van der Waals surface area contributed by atoms with E-state index < -0.39 is 0 Å². The van der Waals surface area contributed by atoms with Gasteiger partial charge in [-0.1, -0.05) is 0 Å². The standard InChI is InChI=1S/C11H14N6O2/c1-2-16-4-3-10(18)17(11(16)19)7-8-5-14-9(15-12)6-13-8/h3-6H,2,7,12H2,1H3,(H,14,15). The summed E-state index contributed by atoms with van der Waals surface area (Å²) in [5, 5.41) is 0. The van der Waals surface area contributed by atoms with Crippen LogP contribution in [0.15, 0.2) is 34.2 Å². The van der Waals surface area contributed by atoms with Crippen molar-refractivity contribution in [3.8, 4) is 0 Å². The third kappa shape index (κ3) is 2.68. The minimum Gasteiger partial charge on any atom is -0.307 e. The van der Waals surface area contributed by atoms with E-state index in [1.54, 1.807) is 0 Å². The monoisotopic (exact) mass is 262 g/mol. The van der Waals surface area contributed by atoms with Gasteiger partial charge in [0, 0.05) is 18.8 Å². The highest BCUT2D eigenvalue weighted by molar-refractivity contribution is 5.28. The van der Waals surface area contributed by atoms with Crippen molar-refractivity contribution in [2.24, 2.45) is 5.84 Å². The molecular formula is C11H14N6O2. The molecule has 19 heavy (non-hydrogen) atoms. The van der Waals surface area contributed by atoms with Gasteiger partial charge in [0.15, 0.2) is 5.82 Å². The summed E-state index contributed by atoms with van der Waals surface area (Å²) < 4.78 is 2.56. The van der Waals surface area contributed by atoms with Crippen LogP contribution in [-0.4, -0.2) is 19.1 Å². The fourth-order valence-electron chi connectivity index (χ4n) is 1.62. The van der Waals surface area contributed by atoms with Gasteiger partial charge >= 0.3 is 5.69 Å². The number of nitrogens with zero attached hydrogens (tertiary/aromatic N) is 4. The molecule has 2 aromatic heterocycles. The van der Waals surface area contributed by atoms with E-state index in [4.69, 9.17) is 5.84 Å². The third-order valence-electron chi connectivity index (χ3n) is 2.65. The average Bonchev–Trinajstić information content (AvgIpc) is 2.44. The molecule has 2 aromatic rings. The van der Waals surface area contributed by atoms with Gasteiger partial charge in [0.25, 0.3) is 5.56 Å². The Morgan fingerprint density at radius 2 is 2.11 bits per heavy atom. The van der Waals surface area contributed by atoms with Gasteiger partial charge in [-0.2, -0.15) is 0 Å². The molecule has 0 bridgehead atoms. The van der Waals surface area contributed by atoms with E-state index in [0.29, 0.717) is 18.1 Å². The molecule has 8 nitrogen and oxygen atoms in total. The maximum Gasteiger partial charge on any atom is 0.331 e. The molecule has 2 rings (SSSR count). The van der Waals surface area contributed by atoms with Crippen molar-refractivity contribution in [1.82, 2.24) is 19.1 Å². The predicted octanol–water partition coefficient (Wildman–Crippen LogP) is -0.846. The second kappa shape index (κ2) is 5.44. The van der Waals surface area contributed by atoms with Crippen LogP contribution in [0, 0.1) is 0 Å². The number of rotatable bonds is 4. The van der Waals surface area contributed by atoms with Crippen LogP contribution in [0.3, 0.4) is 0 Å². The minimum absolute atomic E-state index is 0.0797. The second-order valence-electron chi connectivity index (χ2n) is 3.85. The van der Waals surface area contributed by atoms with Gasteiger partial charge in [0.05, 0.1) is 24.6 Å². The van der Waals surface area contributed by atoms with Gasteiger partial charge in [0.2, 0.25) is 0 Å². The second-order valence-corrected chi connectivity index (χ2v) is 3.85. The zero-order valence-corrected chi connectivity index (χ0v) is 10.4. The highest BCUT2D eigenvalue weighted by Gasteiger charge is 2.06. The normalized spacial score (nSPS) is 10.4. The maximum absolute atomic E-state index is 12.0. The van der Waals surface area contributed by atoms with Crippen LogP contribution >= 0.6 is 0 Å². The van der Waals surface area contributed by atoms with Crippen molar-refractivity contribution in [3.63, 3.8) is 0 Å². The van der Waals surface area contributed by atoms with Crippen molar-refractivity contribution in [3.05, 3.63) is 51.2 Å². The number of nitrogens with two attached hydrogens (primary N) is 1. The van der Waals surface area contributed by atoms with Gasteiger partial charge in [-0.3, -0.25) is 14.3 Å². The van der Waals surface area contributed by atoms with E-state index >= 15 is 0 Å².